The molecular formula is C21H37N5O. The van der Waals surface area contributed by atoms with Crippen LogP contribution in [0.5, 0.6) is 0 Å². The van der Waals surface area contributed by atoms with Gasteiger partial charge in [-0.05, 0) is 31.5 Å². The lowest BCUT2D eigenvalue weighted by Crippen LogP contribution is -2.45. The second-order valence-corrected chi connectivity index (χ2v) is 7.18. The highest BCUT2D eigenvalue weighted by molar-refractivity contribution is 5.80. The number of likely N-dealkylation sites (N-methyl/N-ethyl adjacent to an activating group) is 1. The van der Waals surface area contributed by atoms with Gasteiger partial charge in [0.25, 0.3) is 0 Å². The molecule has 1 unspecified atom stereocenters. The van der Waals surface area contributed by atoms with Crippen molar-refractivity contribution in [3.63, 3.8) is 0 Å². The molecule has 1 aromatic carbocycles. The summed E-state index contributed by atoms with van der Waals surface area (Å²) >= 11 is 0. The van der Waals surface area contributed by atoms with Crippen LogP contribution in [0.2, 0.25) is 0 Å². The first-order chi connectivity index (χ1) is 13.2. The SMILES string of the molecule is CCNC(=NCc1ccccc1CN1CCN(CC)CC1)NC(C)COC. The van der Waals surface area contributed by atoms with Crippen molar-refractivity contribution in [2.24, 2.45) is 4.99 Å². The average Bonchev–Trinajstić information content (AvgIpc) is 2.68. The summed E-state index contributed by atoms with van der Waals surface area (Å²) in [5, 5.41) is 6.72. The summed E-state index contributed by atoms with van der Waals surface area (Å²) in [6, 6.07) is 8.90. The molecule has 2 rings (SSSR count). The topological polar surface area (TPSA) is 52.1 Å². The monoisotopic (exact) mass is 375 g/mol. The molecule has 0 spiro atoms. The lowest BCUT2D eigenvalue weighted by molar-refractivity contribution is 0.131. The first-order valence-electron chi connectivity index (χ1n) is 10.2. The van der Waals surface area contributed by atoms with Crippen LogP contribution in [-0.4, -0.2) is 74.8 Å². The van der Waals surface area contributed by atoms with Crippen molar-refractivity contribution in [2.75, 3.05) is 53.0 Å². The van der Waals surface area contributed by atoms with E-state index >= 15 is 0 Å². The van der Waals surface area contributed by atoms with Gasteiger partial charge < -0.3 is 20.3 Å². The molecule has 0 aromatic heterocycles. The molecule has 1 heterocycles. The van der Waals surface area contributed by atoms with E-state index in [1.165, 1.54) is 24.2 Å². The van der Waals surface area contributed by atoms with Crippen LogP contribution in [0.4, 0.5) is 0 Å². The number of methoxy groups -OCH3 is 1. The van der Waals surface area contributed by atoms with E-state index in [1.54, 1.807) is 7.11 Å². The minimum absolute atomic E-state index is 0.220. The summed E-state index contributed by atoms with van der Waals surface area (Å²) < 4.78 is 5.21. The highest BCUT2D eigenvalue weighted by Crippen LogP contribution is 2.14. The minimum atomic E-state index is 0.220. The number of ether oxygens (including phenoxy) is 1. The van der Waals surface area contributed by atoms with Crippen LogP contribution in [0.15, 0.2) is 29.3 Å². The van der Waals surface area contributed by atoms with Gasteiger partial charge >= 0.3 is 0 Å². The quantitative estimate of drug-likeness (QED) is 0.510. The Bertz CT molecular complexity index is 569. The third-order valence-corrected chi connectivity index (χ3v) is 4.98. The van der Waals surface area contributed by atoms with Gasteiger partial charge in [0.1, 0.15) is 0 Å². The Morgan fingerprint density at radius 3 is 2.41 bits per heavy atom. The fraction of sp³-hybridized carbons (Fsp3) is 0.667. The van der Waals surface area contributed by atoms with Gasteiger partial charge in [-0.25, -0.2) is 4.99 Å². The van der Waals surface area contributed by atoms with Crippen LogP contribution in [0.25, 0.3) is 0 Å². The molecule has 0 radical (unpaired) electrons. The number of piperazine rings is 1. The number of rotatable bonds is 9. The van der Waals surface area contributed by atoms with Gasteiger partial charge in [0.15, 0.2) is 5.96 Å². The Morgan fingerprint density at radius 1 is 1.11 bits per heavy atom. The highest BCUT2D eigenvalue weighted by atomic mass is 16.5. The first kappa shape index (κ1) is 21.7. The molecule has 6 nitrogen and oxygen atoms in total. The van der Waals surface area contributed by atoms with Crippen molar-refractivity contribution in [3.05, 3.63) is 35.4 Å². The number of guanidine groups is 1. The predicted octanol–water partition coefficient (Wildman–Crippen LogP) is 1.91. The Labute approximate surface area is 165 Å². The van der Waals surface area contributed by atoms with E-state index in [0.717, 1.165) is 38.7 Å². The van der Waals surface area contributed by atoms with E-state index < -0.39 is 0 Å². The smallest absolute Gasteiger partial charge is 0.191 e. The molecule has 1 fully saturated rings. The van der Waals surface area contributed by atoms with E-state index in [2.05, 4.69) is 65.5 Å². The molecule has 1 aromatic rings. The molecule has 1 aliphatic heterocycles. The molecule has 6 heteroatoms. The molecule has 0 aliphatic carbocycles. The summed E-state index contributed by atoms with van der Waals surface area (Å²) in [5.41, 5.74) is 2.68. The van der Waals surface area contributed by atoms with Crippen molar-refractivity contribution < 1.29 is 4.74 Å². The molecular weight excluding hydrogens is 338 g/mol. The fourth-order valence-electron chi connectivity index (χ4n) is 3.38. The number of nitrogens with zero attached hydrogens (tertiary/aromatic N) is 3. The van der Waals surface area contributed by atoms with Gasteiger partial charge in [-0.2, -0.15) is 0 Å². The maximum absolute atomic E-state index is 5.21. The van der Waals surface area contributed by atoms with Crippen molar-refractivity contribution in [1.29, 1.82) is 0 Å². The number of nitrogens with one attached hydrogen (secondary N) is 2. The lowest BCUT2D eigenvalue weighted by atomic mass is 10.1. The normalized spacial score (nSPS) is 17.7. The van der Waals surface area contributed by atoms with Crippen LogP contribution < -0.4 is 10.6 Å². The third kappa shape index (κ3) is 7.48. The van der Waals surface area contributed by atoms with Gasteiger partial charge in [0, 0.05) is 52.4 Å². The summed E-state index contributed by atoms with van der Waals surface area (Å²) in [6.45, 7) is 15.4. The Hall–Kier alpha value is -1.63. The maximum atomic E-state index is 5.21. The average molecular weight is 376 g/mol. The molecule has 2 N–H and O–H groups in total. The molecule has 0 saturated carbocycles. The van der Waals surface area contributed by atoms with Crippen LogP contribution in [-0.2, 0) is 17.8 Å². The van der Waals surface area contributed by atoms with Gasteiger partial charge in [-0.1, -0.05) is 31.2 Å². The van der Waals surface area contributed by atoms with Crippen LogP contribution in [0.3, 0.4) is 0 Å². The third-order valence-electron chi connectivity index (χ3n) is 4.98. The summed E-state index contributed by atoms with van der Waals surface area (Å²) in [6.07, 6.45) is 0. The molecule has 1 aliphatic rings. The van der Waals surface area contributed by atoms with Crippen LogP contribution >= 0.6 is 0 Å². The van der Waals surface area contributed by atoms with Crippen molar-refractivity contribution >= 4 is 5.96 Å². The Balaban J connectivity index is 1.99. The molecule has 0 amide bonds. The van der Waals surface area contributed by atoms with E-state index in [0.29, 0.717) is 13.2 Å². The Kier molecular flexibility index (Phi) is 9.59. The predicted molar refractivity (Wildman–Crippen MR) is 113 cm³/mol. The zero-order valence-electron chi connectivity index (χ0n) is 17.5. The minimum Gasteiger partial charge on any atom is -0.383 e. The zero-order valence-corrected chi connectivity index (χ0v) is 17.5. The largest absolute Gasteiger partial charge is 0.383 e. The molecule has 152 valence electrons. The number of aliphatic imine (C=N–C) groups is 1. The van der Waals surface area contributed by atoms with Crippen molar-refractivity contribution in [3.8, 4) is 0 Å². The van der Waals surface area contributed by atoms with Crippen molar-refractivity contribution in [2.45, 2.75) is 39.9 Å². The number of hydrogen-bond acceptors (Lipinski definition) is 4. The first-order valence-corrected chi connectivity index (χ1v) is 10.2. The lowest BCUT2D eigenvalue weighted by Gasteiger charge is -2.34. The van der Waals surface area contributed by atoms with E-state index in [1.807, 2.05) is 0 Å². The summed E-state index contributed by atoms with van der Waals surface area (Å²) in [4.78, 5) is 9.87. The van der Waals surface area contributed by atoms with Gasteiger partial charge in [-0.3, -0.25) is 4.90 Å². The second kappa shape index (κ2) is 12.0. The van der Waals surface area contributed by atoms with Crippen LogP contribution in [0, 0.1) is 0 Å². The van der Waals surface area contributed by atoms with E-state index in [4.69, 9.17) is 9.73 Å². The van der Waals surface area contributed by atoms with E-state index in [-0.39, 0.29) is 6.04 Å². The summed E-state index contributed by atoms with van der Waals surface area (Å²) in [5.74, 6) is 0.841. The zero-order chi connectivity index (χ0) is 19.5. The highest BCUT2D eigenvalue weighted by Gasteiger charge is 2.16. The van der Waals surface area contributed by atoms with Crippen molar-refractivity contribution in [1.82, 2.24) is 20.4 Å². The van der Waals surface area contributed by atoms with Gasteiger partial charge in [-0.15, -0.1) is 0 Å². The van der Waals surface area contributed by atoms with Crippen LogP contribution in [0.1, 0.15) is 31.9 Å². The molecule has 27 heavy (non-hydrogen) atoms. The van der Waals surface area contributed by atoms with Gasteiger partial charge in [0.2, 0.25) is 0 Å². The Morgan fingerprint density at radius 2 is 1.78 bits per heavy atom. The van der Waals surface area contributed by atoms with Gasteiger partial charge in [0.05, 0.1) is 13.2 Å². The standard InChI is InChI=1S/C21H37N5O/c1-5-22-21(24-18(3)17-27-4)23-15-19-9-7-8-10-20(19)16-26-13-11-25(6-2)12-14-26/h7-10,18H,5-6,11-17H2,1-4H3,(H2,22,23,24). The molecule has 1 saturated heterocycles. The fourth-order valence-corrected chi connectivity index (χ4v) is 3.38. The molecule has 1 atom stereocenters. The van der Waals surface area contributed by atoms with E-state index in [9.17, 15) is 0 Å². The second-order valence-electron chi connectivity index (χ2n) is 7.18. The maximum Gasteiger partial charge on any atom is 0.191 e. The summed E-state index contributed by atoms with van der Waals surface area (Å²) in [7, 11) is 1.72. The number of hydrogen-bond donors (Lipinski definition) is 2. The number of benzene rings is 1. The molecule has 0 bridgehead atoms.